The van der Waals surface area contributed by atoms with Gasteiger partial charge in [-0.05, 0) is 31.2 Å². The fourth-order valence-corrected chi connectivity index (χ4v) is 2.80. The predicted octanol–water partition coefficient (Wildman–Crippen LogP) is 4.19. The summed E-state index contributed by atoms with van der Waals surface area (Å²) in [6, 6.07) is 10.2. The SMILES string of the molecule is CCNC(=NCc1cc(OC)ccc1OC(F)F)NCc1cccc(OC)c1OC.I. The first-order valence-corrected chi connectivity index (χ1v) is 9.36. The highest BCUT2D eigenvalue weighted by atomic mass is 127. The van der Waals surface area contributed by atoms with Crippen molar-refractivity contribution in [2.24, 2.45) is 4.99 Å². The predicted molar refractivity (Wildman–Crippen MR) is 126 cm³/mol. The van der Waals surface area contributed by atoms with E-state index < -0.39 is 6.61 Å². The van der Waals surface area contributed by atoms with E-state index in [2.05, 4.69) is 20.4 Å². The number of rotatable bonds is 10. The lowest BCUT2D eigenvalue weighted by atomic mass is 10.2. The zero-order valence-electron chi connectivity index (χ0n) is 17.9. The monoisotopic (exact) mass is 551 g/mol. The number of guanidine groups is 1. The number of para-hydroxylation sites is 1. The molecule has 0 atom stereocenters. The summed E-state index contributed by atoms with van der Waals surface area (Å²) in [7, 11) is 4.66. The van der Waals surface area contributed by atoms with Crippen LogP contribution in [0.1, 0.15) is 18.1 Å². The smallest absolute Gasteiger partial charge is 0.387 e. The summed E-state index contributed by atoms with van der Waals surface area (Å²) in [6.07, 6.45) is 0. The van der Waals surface area contributed by atoms with Crippen molar-refractivity contribution in [1.82, 2.24) is 10.6 Å². The second kappa shape index (κ2) is 13.7. The molecule has 10 heteroatoms. The highest BCUT2D eigenvalue weighted by Gasteiger charge is 2.12. The van der Waals surface area contributed by atoms with E-state index in [0.717, 1.165) is 5.56 Å². The molecule has 31 heavy (non-hydrogen) atoms. The minimum absolute atomic E-state index is 0. The molecule has 0 bridgehead atoms. The van der Waals surface area contributed by atoms with Crippen molar-refractivity contribution in [3.05, 3.63) is 47.5 Å². The van der Waals surface area contributed by atoms with E-state index in [1.54, 1.807) is 26.4 Å². The zero-order valence-corrected chi connectivity index (χ0v) is 20.2. The molecule has 0 radical (unpaired) electrons. The van der Waals surface area contributed by atoms with Crippen molar-refractivity contribution < 1.29 is 27.7 Å². The number of hydrogen-bond acceptors (Lipinski definition) is 5. The van der Waals surface area contributed by atoms with Gasteiger partial charge in [-0.3, -0.25) is 0 Å². The molecule has 7 nitrogen and oxygen atoms in total. The number of nitrogens with one attached hydrogen (secondary N) is 2. The maximum atomic E-state index is 12.7. The molecule has 2 aromatic rings. The Morgan fingerprint density at radius 2 is 1.74 bits per heavy atom. The van der Waals surface area contributed by atoms with E-state index in [0.29, 0.717) is 41.9 Å². The van der Waals surface area contributed by atoms with E-state index in [9.17, 15) is 8.78 Å². The molecule has 2 N–H and O–H groups in total. The maximum Gasteiger partial charge on any atom is 0.387 e. The Morgan fingerprint density at radius 3 is 2.35 bits per heavy atom. The summed E-state index contributed by atoms with van der Waals surface area (Å²) in [6.45, 7) is 0.168. The van der Waals surface area contributed by atoms with Crippen LogP contribution < -0.4 is 29.6 Å². The Bertz CT molecular complexity index is 853. The van der Waals surface area contributed by atoms with Gasteiger partial charge in [-0.1, -0.05) is 12.1 Å². The fourth-order valence-electron chi connectivity index (χ4n) is 2.80. The molecule has 0 saturated heterocycles. The molecule has 0 saturated carbocycles. The lowest BCUT2D eigenvalue weighted by Crippen LogP contribution is -2.36. The Morgan fingerprint density at radius 1 is 0.968 bits per heavy atom. The van der Waals surface area contributed by atoms with Crippen LogP contribution in [0.5, 0.6) is 23.0 Å². The van der Waals surface area contributed by atoms with Crippen molar-refractivity contribution >= 4 is 29.9 Å². The van der Waals surface area contributed by atoms with E-state index in [-0.39, 0.29) is 36.3 Å². The van der Waals surface area contributed by atoms with Crippen molar-refractivity contribution in [1.29, 1.82) is 0 Å². The fraction of sp³-hybridized carbons (Fsp3) is 0.381. The zero-order chi connectivity index (χ0) is 21.9. The minimum atomic E-state index is -2.92. The van der Waals surface area contributed by atoms with Gasteiger partial charge in [0.25, 0.3) is 0 Å². The summed E-state index contributed by atoms with van der Waals surface area (Å²) in [5.74, 6) is 2.35. The van der Waals surface area contributed by atoms with Gasteiger partial charge < -0.3 is 29.6 Å². The van der Waals surface area contributed by atoms with Crippen LogP contribution in [0, 0.1) is 0 Å². The van der Waals surface area contributed by atoms with Crippen LogP contribution in [-0.2, 0) is 13.1 Å². The van der Waals surface area contributed by atoms with Gasteiger partial charge in [-0.15, -0.1) is 24.0 Å². The number of alkyl halides is 2. The third-order valence-electron chi connectivity index (χ3n) is 4.17. The van der Waals surface area contributed by atoms with Gasteiger partial charge in [0.05, 0.1) is 27.9 Å². The van der Waals surface area contributed by atoms with Crippen molar-refractivity contribution in [2.45, 2.75) is 26.6 Å². The van der Waals surface area contributed by atoms with Gasteiger partial charge in [0, 0.05) is 24.2 Å². The van der Waals surface area contributed by atoms with Gasteiger partial charge in [0.1, 0.15) is 11.5 Å². The number of aliphatic imine (C=N–C) groups is 1. The summed E-state index contributed by atoms with van der Waals surface area (Å²) in [5, 5.41) is 6.33. The molecule has 0 unspecified atom stereocenters. The topological polar surface area (TPSA) is 73.3 Å². The molecule has 0 aliphatic carbocycles. The second-order valence-corrected chi connectivity index (χ2v) is 6.05. The van der Waals surface area contributed by atoms with E-state index in [4.69, 9.17) is 14.2 Å². The third kappa shape index (κ3) is 7.93. The van der Waals surface area contributed by atoms with Crippen LogP contribution >= 0.6 is 24.0 Å². The standard InChI is InChI=1S/C21H27F2N3O4.HI/c1-5-24-21(25-12-14-7-6-8-18(28-3)19(14)29-4)26-13-15-11-16(27-2)9-10-17(15)30-20(22)23;/h6-11,20H,5,12-13H2,1-4H3,(H2,24,25,26);1H. The average Bonchev–Trinajstić information content (AvgIpc) is 2.75. The Hall–Kier alpha value is -2.50. The Kier molecular flexibility index (Phi) is 11.8. The maximum absolute atomic E-state index is 12.7. The molecule has 0 aliphatic rings. The lowest BCUT2D eigenvalue weighted by Gasteiger charge is -2.16. The first-order valence-electron chi connectivity index (χ1n) is 9.36. The van der Waals surface area contributed by atoms with Crippen LogP contribution in [0.4, 0.5) is 8.78 Å². The molecular formula is C21H28F2IN3O4. The summed E-state index contributed by atoms with van der Waals surface area (Å²) in [4.78, 5) is 4.48. The quantitative estimate of drug-likeness (QED) is 0.262. The molecule has 0 heterocycles. The molecule has 0 aliphatic heterocycles. The van der Waals surface area contributed by atoms with Gasteiger partial charge in [-0.25, -0.2) is 4.99 Å². The minimum Gasteiger partial charge on any atom is -0.497 e. The summed E-state index contributed by atoms with van der Waals surface area (Å²) >= 11 is 0. The number of benzene rings is 2. The third-order valence-corrected chi connectivity index (χ3v) is 4.17. The molecule has 0 aromatic heterocycles. The first-order chi connectivity index (χ1) is 14.5. The Labute approximate surface area is 198 Å². The van der Waals surface area contributed by atoms with Crippen LogP contribution in [0.25, 0.3) is 0 Å². The molecule has 2 aromatic carbocycles. The largest absolute Gasteiger partial charge is 0.497 e. The van der Waals surface area contributed by atoms with Crippen LogP contribution in [-0.4, -0.2) is 40.4 Å². The van der Waals surface area contributed by atoms with Crippen molar-refractivity contribution in [3.8, 4) is 23.0 Å². The second-order valence-electron chi connectivity index (χ2n) is 6.05. The van der Waals surface area contributed by atoms with Crippen molar-refractivity contribution in [2.75, 3.05) is 27.9 Å². The Balaban J connectivity index is 0.00000480. The molecule has 0 amide bonds. The lowest BCUT2D eigenvalue weighted by molar-refractivity contribution is -0.0504. The van der Waals surface area contributed by atoms with Crippen molar-refractivity contribution in [3.63, 3.8) is 0 Å². The molecule has 0 spiro atoms. The highest BCUT2D eigenvalue weighted by Crippen LogP contribution is 2.30. The van der Waals surface area contributed by atoms with Crippen LogP contribution in [0.15, 0.2) is 41.4 Å². The van der Waals surface area contributed by atoms with Crippen LogP contribution in [0.2, 0.25) is 0 Å². The van der Waals surface area contributed by atoms with E-state index in [1.807, 2.05) is 25.1 Å². The van der Waals surface area contributed by atoms with E-state index in [1.165, 1.54) is 13.2 Å². The number of halogens is 3. The van der Waals surface area contributed by atoms with Gasteiger partial charge >= 0.3 is 6.61 Å². The molecular weight excluding hydrogens is 523 g/mol. The first kappa shape index (κ1) is 26.5. The normalized spacial score (nSPS) is 10.9. The molecule has 2 rings (SSSR count). The van der Waals surface area contributed by atoms with E-state index >= 15 is 0 Å². The molecule has 0 fully saturated rings. The number of nitrogens with zero attached hydrogens (tertiary/aromatic N) is 1. The number of ether oxygens (including phenoxy) is 4. The number of methoxy groups -OCH3 is 3. The molecule has 172 valence electrons. The summed E-state index contributed by atoms with van der Waals surface area (Å²) in [5.41, 5.74) is 1.36. The highest BCUT2D eigenvalue weighted by molar-refractivity contribution is 14.0. The van der Waals surface area contributed by atoms with Crippen LogP contribution in [0.3, 0.4) is 0 Å². The summed E-state index contributed by atoms with van der Waals surface area (Å²) < 4.78 is 45.9. The van der Waals surface area contributed by atoms with Gasteiger partial charge in [0.2, 0.25) is 0 Å². The average molecular weight is 551 g/mol. The van der Waals surface area contributed by atoms with Gasteiger partial charge in [-0.2, -0.15) is 8.78 Å². The van der Waals surface area contributed by atoms with Gasteiger partial charge in [0.15, 0.2) is 17.5 Å². The number of hydrogen-bond donors (Lipinski definition) is 2.